The van der Waals surface area contributed by atoms with Crippen LogP contribution in [0.4, 0.5) is 34.1 Å². The number of rotatable bonds is 38. The molecule has 1 N–H and O–H groups in total. The molecule has 12 rings (SSSR count). The highest BCUT2D eigenvalue weighted by Crippen LogP contribution is 2.47. The van der Waals surface area contributed by atoms with Gasteiger partial charge in [0.25, 0.3) is 0 Å². The minimum absolute atomic E-state index is 0.342. The normalized spacial score (nSPS) is 11.4. The van der Waals surface area contributed by atoms with E-state index in [4.69, 9.17) is 28.9 Å². The summed E-state index contributed by atoms with van der Waals surface area (Å²) >= 11 is 6.40. The molecule has 7 aromatic carbocycles. The van der Waals surface area contributed by atoms with Gasteiger partial charge in [-0.05, 0) is 212 Å². The lowest BCUT2D eigenvalue weighted by atomic mass is 10.0. The smallest absolute Gasteiger partial charge is 0.346 e. The highest BCUT2D eigenvalue weighted by Gasteiger charge is 2.24. The lowest BCUT2D eigenvalue weighted by Gasteiger charge is -2.26. The standard InChI is InChI=1S/C88H89N5O6S4/c1-5-9-13-17-55-96-71-39-31-67(32-40-71)92(68-33-41-72(42-34-68)97-56-18-14-10-6-2)65-27-23-62(24-28-65)78-51-53-80(102-78)76-48-49-77(85-84(76)90-86(82-22-21-59-100-82)87(91-85)83-50-47-75(101-83)60-64(61-89)88(94)95)81-54-52-79(103-81)63-25-29-66(30-26-63)93(69-35-43-73(44-36-69)98-57-19-15-11-7-3)70-37-45-74(46-38-70)99-58-20-16-12-8-4/h21-54,59-60H,5-20,55-58H2,1-4H3,(H,94,95)/b64-60-. The third-order valence-corrected chi connectivity index (χ3v) is 22.3. The number of carboxylic acid groups (broad SMARTS) is 1. The number of nitriles is 1. The molecule has 0 aliphatic rings. The Kier molecular flexibility index (Phi) is 26.1. The van der Waals surface area contributed by atoms with E-state index in [-0.39, 0.29) is 5.57 Å². The first-order chi connectivity index (χ1) is 50.7. The maximum absolute atomic E-state index is 12.0. The van der Waals surface area contributed by atoms with Crippen molar-refractivity contribution < 1.29 is 28.8 Å². The second kappa shape index (κ2) is 36.9. The summed E-state index contributed by atoms with van der Waals surface area (Å²) in [7, 11) is 0. The number of ether oxygens (including phenoxy) is 4. The van der Waals surface area contributed by atoms with Gasteiger partial charge < -0.3 is 33.9 Å². The zero-order valence-electron chi connectivity index (χ0n) is 59.3. The summed E-state index contributed by atoms with van der Waals surface area (Å²) in [6.07, 6.45) is 19.9. The number of aromatic nitrogens is 2. The van der Waals surface area contributed by atoms with Crippen LogP contribution in [0, 0.1) is 11.3 Å². The number of anilines is 6. The van der Waals surface area contributed by atoms with Crippen molar-refractivity contribution in [3.63, 3.8) is 0 Å². The molecule has 0 saturated heterocycles. The Morgan fingerprint density at radius 3 is 1.07 bits per heavy atom. The van der Waals surface area contributed by atoms with Gasteiger partial charge in [0.1, 0.15) is 46.0 Å². The van der Waals surface area contributed by atoms with E-state index < -0.39 is 5.97 Å². The summed E-state index contributed by atoms with van der Waals surface area (Å²) in [5.41, 5.74) is 12.7. The van der Waals surface area contributed by atoms with Gasteiger partial charge in [-0.15, -0.1) is 45.3 Å². The molecule has 526 valence electrons. The molecule has 0 bridgehead atoms. The molecular weight excluding hydrogens is 1350 g/mol. The Labute approximate surface area is 623 Å². The molecular formula is C88H89N5O6S4. The summed E-state index contributed by atoms with van der Waals surface area (Å²) in [6, 6.07) is 74.1. The lowest BCUT2D eigenvalue weighted by Crippen LogP contribution is -2.10. The van der Waals surface area contributed by atoms with Crippen LogP contribution in [0.2, 0.25) is 0 Å². The number of nitrogens with zero attached hydrogens (tertiary/aromatic N) is 5. The number of carbonyl (C=O) groups is 1. The number of aliphatic carboxylic acids is 1. The van der Waals surface area contributed by atoms with Gasteiger partial charge in [-0.2, -0.15) is 5.26 Å². The lowest BCUT2D eigenvalue weighted by molar-refractivity contribution is -0.132. The van der Waals surface area contributed by atoms with Gasteiger partial charge in [-0.25, -0.2) is 14.8 Å². The predicted octanol–water partition coefficient (Wildman–Crippen LogP) is 26.6. The maximum Gasteiger partial charge on any atom is 0.346 e. The number of unbranched alkanes of at least 4 members (excludes halogenated alkanes) is 12. The number of fused-ring (bicyclic) bond motifs is 1. The van der Waals surface area contributed by atoms with Crippen molar-refractivity contribution in [2.45, 2.75) is 130 Å². The first kappa shape index (κ1) is 73.0. The summed E-state index contributed by atoms with van der Waals surface area (Å²) in [6.45, 7) is 11.7. The van der Waals surface area contributed by atoms with Gasteiger partial charge in [0, 0.05) is 69.6 Å². The molecule has 0 spiro atoms. The van der Waals surface area contributed by atoms with E-state index in [0.29, 0.717) is 42.7 Å². The highest BCUT2D eigenvalue weighted by molar-refractivity contribution is 7.19. The third-order valence-electron chi connectivity index (χ3n) is 18.1. The molecule has 0 atom stereocenters. The second-order valence-corrected chi connectivity index (χ2v) is 29.9. The minimum atomic E-state index is -1.28. The molecule has 0 radical (unpaired) electrons. The van der Waals surface area contributed by atoms with E-state index in [1.54, 1.807) is 34.0 Å². The Bertz CT molecular complexity index is 4610. The van der Waals surface area contributed by atoms with Gasteiger partial charge in [-0.1, -0.05) is 147 Å². The maximum atomic E-state index is 12.0. The van der Waals surface area contributed by atoms with Crippen molar-refractivity contribution in [1.82, 2.24) is 9.97 Å². The quantitative estimate of drug-likeness (QED) is 0.0225. The minimum Gasteiger partial charge on any atom is -0.494 e. The Morgan fingerprint density at radius 1 is 0.398 bits per heavy atom. The van der Waals surface area contributed by atoms with E-state index in [9.17, 15) is 15.2 Å². The van der Waals surface area contributed by atoms with Crippen molar-refractivity contribution in [3.8, 4) is 92.0 Å². The molecule has 11 nitrogen and oxygen atoms in total. The van der Waals surface area contributed by atoms with Crippen molar-refractivity contribution in [2.24, 2.45) is 0 Å². The highest BCUT2D eigenvalue weighted by atomic mass is 32.1. The molecule has 103 heavy (non-hydrogen) atoms. The van der Waals surface area contributed by atoms with E-state index in [2.05, 4.69) is 226 Å². The zero-order valence-corrected chi connectivity index (χ0v) is 62.6. The van der Waals surface area contributed by atoms with Gasteiger partial charge >= 0.3 is 5.97 Å². The molecule has 12 aromatic rings. The Balaban J connectivity index is 0.876. The van der Waals surface area contributed by atoms with Gasteiger partial charge in [0.05, 0.1) is 47.2 Å². The van der Waals surface area contributed by atoms with E-state index >= 15 is 0 Å². The summed E-state index contributed by atoms with van der Waals surface area (Å²) in [5.74, 6) is 2.17. The largest absolute Gasteiger partial charge is 0.494 e. The number of thiophene rings is 4. The number of hydrogen-bond acceptors (Lipinski definition) is 14. The van der Waals surface area contributed by atoms with Crippen LogP contribution in [-0.2, 0) is 4.79 Å². The Hall–Kier alpha value is -9.82. The van der Waals surface area contributed by atoms with Gasteiger partial charge in [0.15, 0.2) is 0 Å². The van der Waals surface area contributed by atoms with Crippen LogP contribution in [0.1, 0.15) is 135 Å². The van der Waals surface area contributed by atoms with Gasteiger partial charge in [0.2, 0.25) is 0 Å². The van der Waals surface area contributed by atoms with Crippen LogP contribution in [0.15, 0.2) is 217 Å². The predicted molar refractivity (Wildman–Crippen MR) is 433 cm³/mol. The average Bonchev–Trinajstić information content (AvgIpc) is 1.71. The SMILES string of the molecule is CCCCCCOc1ccc(N(c2ccc(OCCCCCC)cc2)c2ccc(-c3ccc(-c4ccc(-c5ccc(-c6ccc(N(c7ccc(OCCCCCC)cc7)c7ccc(OCCCCCC)cc7)cc6)s5)c5nc(-c6ccc(/C=C(/C#N)C(=O)O)s6)c(-c6cccs6)nc45)s3)cc2)cc1. The molecule has 0 amide bonds. The topological polar surface area (TPSA) is 130 Å². The summed E-state index contributed by atoms with van der Waals surface area (Å²) in [4.78, 5) is 34.6. The van der Waals surface area contributed by atoms with Crippen LogP contribution in [0.3, 0.4) is 0 Å². The molecule has 0 aliphatic carbocycles. The molecule has 0 fully saturated rings. The number of hydrogen-bond donors (Lipinski definition) is 1. The third kappa shape index (κ3) is 18.9. The molecule has 15 heteroatoms. The van der Waals surface area contributed by atoms with Crippen LogP contribution in [0.25, 0.3) is 80.0 Å². The van der Waals surface area contributed by atoms with E-state index in [1.807, 2.05) is 29.6 Å². The summed E-state index contributed by atoms with van der Waals surface area (Å²) < 4.78 is 24.8. The first-order valence-electron chi connectivity index (χ1n) is 36.5. The van der Waals surface area contributed by atoms with Gasteiger partial charge in [-0.3, -0.25) is 0 Å². The Morgan fingerprint density at radius 2 is 0.738 bits per heavy atom. The zero-order chi connectivity index (χ0) is 71.1. The molecule has 0 aliphatic heterocycles. The fraction of sp³-hybridized carbons (Fsp3) is 0.273. The molecule has 5 heterocycles. The van der Waals surface area contributed by atoms with Crippen LogP contribution < -0.4 is 28.7 Å². The first-order valence-corrected chi connectivity index (χ1v) is 39.8. The monoisotopic (exact) mass is 1440 g/mol. The number of carboxylic acids is 1. The summed E-state index contributed by atoms with van der Waals surface area (Å²) in [5, 5.41) is 21.6. The fourth-order valence-electron chi connectivity index (χ4n) is 12.5. The van der Waals surface area contributed by atoms with Crippen molar-refractivity contribution in [1.29, 1.82) is 5.26 Å². The second-order valence-electron chi connectivity index (χ2n) is 25.6. The van der Waals surface area contributed by atoms with Crippen LogP contribution >= 0.6 is 45.3 Å². The van der Waals surface area contributed by atoms with Crippen molar-refractivity contribution in [3.05, 3.63) is 222 Å². The molecule has 0 unspecified atom stereocenters. The van der Waals surface area contributed by atoms with Crippen LogP contribution in [0.5, 0.6) is 23.0 Å². The van der Waals surface area contributed by atoms with Crippen molar-refractivity contribution in [2.75, 3.05) is 36.2 Å². The van der Waals surface area contributed by atoms with Crippen molar-refractivity contribution >= 4 is 103 Å². The molecule has 5 aromatic heterocycles. The van der Waals surface area contributed by atoms with E-state index in [1.165, 1.54) is 94.5 Å². The number of benzene rings is 7. The fourth-order valence-corrected chi connectivity index (χ4v) is 16.2. The van der Waals surface area contributed by atoms with E-state index in [0.717, 1.165) is 145 Å². The molecule has 0 saturated carbocycles. The average molecular weight is 1440 g/mol. The van der Waals surface area contributed by atoms with Crippen LogP contribution in [-0.4, -0.2) is 47.5 Å².